The van der Waals surface area contributed by atoms with Gasteiger partial charge in [-0.15, -0.1) is 6.58 Å². The van der Waals surface area contributed by atoms with Gasteiger partial charge in [0.15, 0.2) is 5.54 Å². The molecular formula is C22H20FN3O3S2. The number of likely N-dealkylation sites (N-methyl/N-ethyl adjacent to an activating group) is 2. The Bertz CT molecular complexity index is 1140. The van der Waals surface area contributed by atoms with Crippen molar-refractivity contribution in [1.82, 2.24) is 9.80 Å². The van der Waals surface area contributed by atoms with Gasteiger partial charge in [0.05, 0.1) is 12.2 Å². The number of amides is 2. The van der Waals surface area contributed by atoms with Crippen LogP contribution in [0.15, 0.2) is 53.7 Å². The zero-order chi connectivity index (χ0) is 22.1. The van der Waals surface area contributed by atoms with E-state index in [1.54, 1.807) is 38.6 Å². The summed E-state index contributed by atoms with van der Waals surface area (Å²) < 4.78 is 19.3. The lowest BCUT2D eigenvalue weighted by Crippen LogP contribution is -2.62. The number of carbonyl (C=O) groups is 2. The van der Waals surface area contributed by atoms with E-state index in [1.807, 2.05) is 11.0 Å². The van der Waals surface area contributed by atoms with E-state index >= 15 is 0 Å². The van der Waals surface area contributed by atoms with Crippen molar-refractivity contribution in [2.75, 3.05) is 32.1 Å². The van der Waals surface area contributed by atoms with E-state index in [0.717, 1.165) is 0 Å². The van der Waals surface area contributed by atoms with Gasteiger partial charge < -0.3 is 9.32 Å². The molecule has 160 valence electrons. The third kappa shape index (κ3) is 2.29. The van der Waals surface area contributed by atoms with Crippen molar-refractivity contribution >= 4 is 45.8 Å². The summed E-state index contributed by atoms with van der Waals surface area (Å²) in [5, 5.41) is 0. The minimum Gasteiger partial charge on any atom is -0.469 e. The maximum absolute atomic E-state index is 14.5. The highest BCUT2D eigenvalue weighted by Gasteiger charge is 2.79. The van der Waals surface area contributed by atoms with Gasteiger partial charge in [-0.25, -0.2) is 4.39 Å². The fraction of sp³-hybridized carbons (Fsp3) is 0.318. The van der Waals surface area contributed by atoms with Gasteiger partial charge >= 0.3 is 0 Å². The van der Waals surface area contributed by atoms with Crippen LogP contribution in [0.2, 0.25) is 0 Å². The van der Waals surface area contributed by atoms with Gasteiger partial charge in [0.1, 0.15) is 20.6 Å². The lowest BCUT2D eigenvalue weighted by atomic mass is 9.73. The molecule has 6 nitrogen and oxygen atoms in total. The maximum Gasteiger partial charge on any atom is 0.254 e. The Morgan fingerprint density at radius 2 is 2.10 bits per heavy atom. The Kier molecular flexibility index (Phi) is 4.45. The number of rotatable bonds is 3. The summed E-state index contributed by atoms with van der Waals surface area (Å²) in [6.07, 6.45) is 3.15. The van der Waals surface area contributed by atoms with Crippen LogP contribution >= 0.6 is 24.0 Å². The second kappa shape index (κ2) is 6.75. The van der Waals surface area contributed by atoms with Crippen LogP contribution in [0.1, 0.15) is 17.2 Å². The summed E-state index contributed by atoms with van der Waals surface area (Å²) in [4.78, 5) is 33.0. The number of hydrogen-bond donors (Lipinski definition) is 0. The zero-order valence-corrected chi connectivity index (χ0v) is 18.6. The van der Waals surface area contributed by atoms with Crippen molar-refractivity contribution in [3.63, 3.8) is 0 Å². The van der Waals surface area contributed by atoms with E-state index in [2.05, 4.69) is 6.58 Å². The van der Waals surface area contributed by atoms with Crippen molar-refractivity contribution in [3.8, 4) is 0 Å². The van der Waals surface area contributed by atoms with Gasteiger partial charge in [-0.3, -0.25) is 19.4 Å². The number of benzene rings is 1. The molecule has 2 fully saturated rings. The van der Waals surface area contributed by atoms with Gasteiger partial charge in [-0.2, -0.15) is 0 Å². The van der Waals surface area contributed by atoms with E-state index in [-0.39, 0.29) is 18.4 Å². The number of thioether (sulfide) groups is 1. The van der Waals surface area contributed by atoms with Crippen molar-refractivity contribution < 1.29 is 18.4 Å². The summed E-state index contributed by atoms with van der Waals surface area (Å²) in [5.41, 5.74) is -0.377. The molecule has 3 aliphatic rings. The first-order valence-electron chi connectivity index (χ1n) is 9.79. The third-order valence-corrected chi connectivity index (χ3v) is 8.55. The molecule has 0 radical (unpaired) electrons. The van der Waals surface area contributed by atoms with Crippen LogP contribution in [-0.2, 0) is 15.1 Å². The highest BCUT2D eigenvalue weighted by atomic mass is 32.2. The predicted molar refractivity (Wildman–Crippen MR) is 120 cm³/mol. The van der Waals surface area contributed by atoms with Crippen LogP contribution in [0.4, 0.5) is 10.1 Å². The highest BCUT2D eigenvalue weighted by molar-refractivity contribution is 8.25. The molecule has 2 spiro atoms. The molecule has 1 aromatic carbocycles. The van der Waals surface area contributed by atoms with Gasteiger partial charge in [-0.05, 0) is 37.4 Å². The Balaban J connectivity index is 1.85. The quantitative estimate of drug-likeness (QED) is 0.522. The number of likely N-dealkylation sites (tertiary alicyclic amines) is 1. The largest absolute Gasteiger partial charge is 0.469 e. The molecule has 1 aromatic heterocycles. The first-order valence-corrected chi connectivity index (χ1v) is 11.0. The zero-order valence-electron chi connectivity index (χ0n) is 17.0. The summed E-state index contributed by atoms with van der Waals surface area (Å²) >= 11 is 6.80. The van der Waals surface area contributed by atoms with Crippen molar-refractivity contribution in [3.05, 3.63) is 66.4 Å². The normalized spacial score (nSPS) is 30.3. The van der Waals surface area contributed by atoms with Crippen LogP contribution in [0.3, 0.4) is 0 Å². The molecular weight excluding hydrogens is 437 g/mol. The van der Waals surface area contributed by atoms with Crippen molar-refractivity contribution in [1.29, 1.82) is 0 Å². The Hall–Kier alpha value is -2.49. The van der Waals surface area contributed by atoms with Gasteiger partial charge in [0.25, 0.3) is 5.91 Å². The number of furan rings is 1. The second-order valence-electron chi connectivity index (χ2n) is 7.99. The molecule has 0 saturated carbocycles. The molecule has 31 heavy (non-hydrogen) atoms. The van der Waals surface area contributed by atoms with Crippen LogP contribution in [0, 0.1) is 5.82 Å². The van der Waals surface area contributed by atoms with Crippen LogP contribution in [-0.4, -0.2) is 57.9 Å². The SMILES string of the molecule is C=CCN1C(=O)[C@]2(SC1=S)[C@H](c1ccco1)CN(C)[C@]21C(=O)N(C)c2ccc(F)cc21. The van der Waals surface area contributed by atoms with Crippen LogP contribution in [0.25, 0.3) is 0 Å². The summed E-state index contributed by atoms with van der Waals surface area (Å²) in [6, 6.07) is 7.84. The molecule has 4 heterocycles. The van der Waals surface area contributed by atoms with Crippen LogP contribution in [0.5, 0.6) is 0 Å². The van der Waals surface area contributed by atoms with Crippen LogP contribution < -0.4 is 4.90 Å². The summed E-state index contributed by atoms with van der Waals surface area (Å²) in [6.45, 7) is 4.34. The minimum atomic E-state index is -1.43. The second-order valence-corrected chi connectivity index (χ2v) is 9.87. The first kappa shape index (κ1) is 20.4. The summed E-state index contributed by atoms with van der Waals surface area (Å²) in [5.74, 6) is -0.912. The Labute approximate surface area is 188 Å². The monoisotopic (exact) mass is 457 g/mol. The number of fused-ring (bicyclic) bond motifs is 3. The van der Waals surface area contributed by atoms with Gasteiger partial charge in [0, 0.05) is 31.4 Å². The minimum absolute atomic E-state index is 0.233. The number of anilines is 1. The number of nitrogens with zero attached hydrogens (tertiary/aromatic N) is 3. The van der Waals surface area contributed by atoms with E-state index in [9.17, 15) is 14.0 Å². The standard InChI is InChI=1S/C22H20FN3O3S2/c1-4-9-26-19(28)22(31-20(26)30)15(17-6-5-10-29-17)12-24(2)21(22)14-11-13(23)7-8-16(14)25(3)18(21)27/h4-8,10-11,15H,1,9,12H2,2-3H3/t15-,21+,22+/m0/s1. The number of halogens is 1. The van der Waals surface area contributed by atoms with E-state index < -0.39 is 22.0 Å². The fourth-order valence-corrected chi connectivity index (χ4v) is 7.52. The third-order valence-electron chi connectivity index (χ3n) is 6.61. The van der Waals surface area contributed by atoms with E-state index in [0.29, 0.717) is 27.9 Å². The van der Waals surface area contributed by atoms with Crippen molar-refractivity contribution in [2.45, 2.75) is 16.2 Å². The molecule has 3 aliphatic heterocycles. The maximum atomic E-state index is 14.5. The molecule has 0 aliphatic carbocycles. The molecule has 0 unspecified atom stereocenters. The topological polar surface area (TPSA) is 57.0 Å². The van der Waals surface area contributed by atoms with Gasteiger partial charge in [0.2, 0.25) is 5.91 Å². The van der Waals surface area contributed by atoms with E-state index in [1.165, 1.54) is 33.7 Å². The van der Waals surface area contributed by atoms with E-state index in [4.69, 9.17) is 16.6 Å². The summed E-state index contributed by atoms with van der Waals surface area (Å²) in [7, 11) is 3.45. The lowest BCUT2D eigenvalue weighted by Gasteiger charge is -2.41. The molecule has 9 heteroatoms. The average molecular weight is 458 g/mol. The number of thiocarbonyl (C=S) groups is 1. The molecule has 2 amide bonds. The molecule has 2 aromatic rings. The highest BCUT2D eigenvalue weighted by Crippen LogP contribution is 2.66. The predicted octanol–water partition coefficient (Wildman–Crippen LogP) is 3.10. The first-order chi connectivity index (χ1) is 14.8. The van der Waals surface area contributed by atoms with Crippen molar-refractivity contribution in [2.24, 2.45) is 0 Å². The molecule has 5 rings (SSSR count). The fourth-order valence-electron chi connectivity index (χ4n) is 5.40. The lowest BCUT2D eigenvalue weighted by molar-refractivity contribution is -0.138. The molecule has 0 N–H and O–H groups in total. The Morgan fingerprint density at radius 3 is 2.77 bits per heavy atom. The smallest absolute Gasteiger partial charge is 0.254 e. The molecule has 2 saturated heterocycles. The molecule has 3 atom stereocenters. The number of carbonyl (C=O) groups excluding carboxylic acids is 2. The number of hydrogen-bond acceptors (Lipinski definition) is 6. The van der Waals surface area contributed by atoms with Gasteiger partial charge in [-0.1, -0.05) is 30.1 Å². The average Bonchev–Trinajstić information content (AvgIpc) is 3.45. The Morgan fingerprint density at radius 1 is 1.32 bits per heavy atom. The molecule has 0 bridgehead atoms.